The fourth-order valence-electron chi connectivity index (χ4n) is 1.11. The Bertz CT molecular complexity index is 303. The molecule has 0 bridgehead atoms. The lowest BCUT2D eigenvalue weighted by Gasteiger charge is -1.95. The topological polar surface area (TPSA) is 54.7 Å². The van der Waals surface area contributed by atoms with Gasteiger partial charge in [0.05, 0.1) is 5.69 Å². The van der Waals surface area contributed by atoms with Crippen LogP contribution in [0.2, 0.25) is 0 Å². The molecule has 0 atom stereocenters. The lowest BCUT2D eigenvalue weighted by atomic mass is 10.2. The minimum absolute atomic E-state index is 0.556. The molecule has 0 amide bonds. The Labute approximate surface area is 79.8 Å². The van der Waals surface area contributed by atoms with E-state index in [0.29, 0.717) is 11.4 Å². The maximum Gasteiger partial charge on any atom is 0.143 e. The fraction of sp³-hybridized carbons (Fsp3) is 0.500. The van der Waals surface area contributed by atoms with Crippen LogP contribution in [0.1, 0.15) is 30.8 Å². The predicted molar refractivity (Wildman–Crippen MR) is 55.4 cm³/mol. The lowest BCUT2D eigenvalue weighted by Crippen LogP contribution is -1.95. The Morgan fingerprint density at radius 2 is 1.77 bits per heavy atom. The van der Waals surface area contributed by atoms with Crippen LogP contribution in [-0.4, -0.2) is 4.57 Å². The number of anilines is 1. The first-order chi connectivity index (χ1) is 6.09. The van der Waals surface area contributed by atoms with E-state index < -0.39 is 0 Å². The number of aromatic nitrogens is 1. The smallest absolute Gasteiger partial charge is 0.143 e. The summed E-state index contributed by atoms with van der Waals surface area (Å²) >= 11 is 0. The highest BCUT2D eigenvalue weighted by atomic mass is 15.0. The zero-order valence-electron chi connectivity index (χ0n) is 8.97. The molecule has 0 aliphatic carbocycles. The molecule has 0 saturated heterocycles. The number of hydrogen-bond donors (Lipinski definition) is 1. The van der Waals surface area contributed by atoms with Gasteiger partial charge < -0.3 is 10.3 Å². The van der Waals surface area contributed by atoms with E-state index in [-0.39, 0.29) is 0 Å². The van der Waals surface area contributed by atoms with Gasteiger partial charge in [0.15, 0.2) is 0 Å². The van der Waals surface area contributed by atoms with Gasteiger partial charge >= 0.3 is 0 Å². The van der Waals surface area contributed by atoms with Crippen molar-refractivity contribution in [1.82, 2.24) is 4.57 Å². The summed E-state index contributed by atoms with van der Waals surface area (Å²) in [5.74, 6) is 0. The molecule has 0 aromatic carbocycles. The molecule has 0 aliphatic heterocycles. The first kappa shape index (κ1) is 11.6. The number of nitrogens with two attached hydrogens (primary N) is 1. The molecule has 3 nitrogen and oxygen atoms in total. The van der Waals surface area contributed by atoms with E-state index in [1.54, 1.807) is 0 Å². The van der Waals surface area contributed by atoms with Gasteiger partial charge in [-0.3, -0.25) is 0 Å². The van der Waals surface area contributed by atoms with E-state index in [2.05, 4.69) is 6.07 Å². The highest BCUT2D eigenvalue weighted by Crippen LogP contribution is 2.21. The molecule has 2 N–H and O–H groups in total. The van der Waals surface area contributed by atoms with Crippen LogP contribution in [-0.2, 0) is 7.05 Å². The molecule has 0 radical (unpaired) electrons. The molecule has 1 aromatic rings. The van der Waals surface area contributed by atoms with E-state index in [9.17, 15) is 0 Å². The number of nitriles is 1. The third kappa shape index (κ3) is 1.83. The minimum Gasteiger partial charge on any atom is -0.396 e. The third-order valence-corrected chi connectivity index (χ3v) is 2.15. The quantitative estimate of drug-likeness (QED) is 0.663. The molecule has 1 heterocycles. The largest absolute Gasteiger partial charge is 0.396 e. The van der Waals surface area contributed by atoms with Crippen LogP contribution in [0.5, 0.6) is 0 Å². The molecule has 72 valence electrons. The van der Waals surface area contributed by atoms with Crippen molar-refractivity contribution in [2.75, 3.05) is 5.73 Å². The Kier molecular flexibility index (Phi) is 4.06. The Morgan fingerprint density at radius 1 is 1.31 bits per heavy atom. The Hall–Kier alpha value is -1.43. The summed E-state index contributed by atoms with van der Waals surface area (Å²) in [7, 11) is 1.84. The number of hydrogen-bond acceptors (Lipinski definition) is 2. The van der Waals surface area contributed by atoms with Crippen LogP contribution >= 0.6 is 0 Å². The summed E-state index contributed by atoms with van der Waals surface area (Å²) in [5.41, 5.74) is 8.89. The zero-order chi connectivity index (χ0) is 10.6. The molecule has 3 heteroatoms. The summed E-state index contributed by atoms with van der Waals surface area (Å²) in [6, 6.07) is 2.06. The van der Waals surface area contributed by atoms with Crippen LogP contribution in [0, 0.1) is 25.2 Å². The second-order valence-electron chi connectivity index (χ2n) is 2.64. The molecule has 0 unspecified atom stereocenters. The number of nitrogen functional groups attached to an aromatic ring is 1. The lowest BCUT2D eigenvalue weighted by molar-refractivity contribution is 0.862. The first-order valence-electron chi connectivity index (χ1n) is 4.41. The van der Waals surface area contributed by atoms with Crippen molar-refractivity contribution < 1.29 is 0 Å². The molecule has 0 fully saturated rings. The molecule has 1 rings (SSSR count). The normalized spacial score (nSPS) is 8.62. The third-order valence-electron chi connectivity index (χ3n) is 2.15. The van der Waals surface area contributed by atoms with Gasteiger partial charge in [0.25, 0.3) is 0 Å². The summed E-state index contributed by atoms with van der Waals surface area (Å²) < 4.78 is 1.81. The fourth-order valence-corrected chi connectivity index (χ4v) is 1.11. The predicted octanol–water partition coefficient (Wildman–Crippen LogP) is 2.12. The van der Waals surface area contributed by atoms with Crippen LogP contribution in [0.25, 0.3) is 0 Å². The van der Waals surface area contributed by atoms with E-state index in [4.69, 9.17) is 11.0 Å². The maximum atomic E-state index is 8.69. The molecule has 13 heavy (non-hydrogen) atoms. The molecule has 0 aliphatic rings. The van der Waals surface area contributed by atoms with Gasteiger partial charge in [-0.05, 0) is 19.4 Å². The highest BCUT2D eigenvalue weighted by Gasteiger charge is 2.10. The van der Waals surface area contributed by atoms with Gasteiger partial charge in [-0.2, -0.15) is 5.26 Å². The van der Waals surface area contributed by atoms with E-state index in [1.807, 2.05) is 39.3 Å². The highest BCUT2D eigenvalue weighted by molar-refractivity contribution is 5.59. The SMILES string of the molecule is CC.Cc1c(N)c(C#N)n(C)c1C. The Morgan fingerprint density at radius 3 is 1.92 bits per heavy atom. The van der Waals surface area contributed by atoms with Crippen LogP contribution in [0.15, 0.2) is 0 Å². The zero-order valence-corrected chi connectivity index (χ0v) is 8.97. The van der Waals surface area contributed by atoms with Crippen molar-refractivity contribution in [3.8, 4) is 6.07 Å². The van der Waals surface area contributed by atoms with Gasteiger partial charge in [-0.25, -0.2) is 0 Å². The first-order valence-corrected chi connectivity index (χ1v) is 4.41. The van der Waals surface area contributed by atoms with Crippen LogP contribution < -0.4 is 5.73 Å². The van der Waals surface area contributed by atoms with Gasteiger partial charge in [-0.1, -0.05) is 13.8 Å². The molecular formula is C10H17N3. The van der Waals surface area contributed by atoms with Crippen molar-refractivity contribution in [3.63, 3.8) is 0 Å². The average molecular weight is 179 g/mol. The average Bonchev–Trinajstić information content (AvgIpc) is 2.35. The van der Waals surface area contributed by atoms with E-state index in [0.717, 1.165) is 11.3 Å². The number of nitrogens with zero attached hydrogens (tertiary/aromatic N) is 2. The second-order valence-corrected chi connectivity index (χ2v) is 2.64. The Balaban J connectivity index is 0.000000671. The van der Waals surface area contributed by atoms with Crippen molar-refractivity contribution in [2.24, 2.45) is 7.05 Å². The molecule has 0 saturated carbocycles. The van der Waals surface area contributed by atoms with Crippen LogP contribution in [0.3, 0.4) is 0 Å². The van der Waals surface area contributed by atoms with Crippen molar-refractivity contribution in [1.29, 1.82) is 5.26 Å². The molecular weight excluding hydrogens is 162 g/mol. The summed E-state index contributed by atoms with van der Waals surface area (Å²) in [4.78, 5) is 0. The van der Waals surface area contributed by atoms with Gasteiger partial charge in [0, 0.05) is 12.7 Å². The summed E-state index contributed by atoms with van der Waals surface area (Å²) in [6.45, 7) is 7.87. The van der Waals surface area contributed by atoms with Crippen molar-refractivity contribution in [2.45, 2.75) is 27.7 Å². The monoisotopic (exact) mass is 179 g/mol. The minimum atomic E-state index is 0.556. The van der Waals surface area contributed by atoms with Gasteiger partial charge in [-0.15, -0.1) is 0 Å². The van der Waals surface area contributed by atoms with Crippen molar-refractivity contribution in [3.05, 3.63) is 17.0 Å². The number of rotatable bonds is 0. The maximum absolute atomic E-state index is 8.69. The van der Waals surface area contributed by atoms with Crippen molar-refractivity contribution >= 4 is 5.69 Å². The van der Waals surface area contributed by atoms with E-state index in [1.165, 1.54) is 0 Å². The van der Waals surface area contributed by atoms with Gasteiger partial charge in [0.1, 0.15) is 11.8 Å². The second kappa shape index (κ2) is 4.56. The summed E-state index contributed by atoms with van der Waals surface area (Å²) in [5, 5.41) is 8.69. The van der Waals surface area contributed by atoms with Crippen LogP contribution in [0.4, 0.5) is 5.69 Å². The summed E-state index contributed by atoms with van der Waals surface area (Å²) in [6.07, 6.45) is 0. The standard InChI is InChI=1S/C8H11N3.C2H6/c1-5-6(2)11(3)7(4-9)8(5)10;1-2/h10H2,1-3H3;1-2H3. The molecule has 0 spiro atoms. The van der Waals surface area contributed by atoms with E-state index >= 15 is 0 Å². The molecule has 1 aromatic heterocycles. The van der Waals surface area contributed by atoms with Gasteiger partial charge in [0.2, 0.25) is 0 Å².